The molecule has 0 saturated heterocycles. The smallest absolute Gasteiger partial charge is 0.330 e. The molecule has 0 saturated carbocycles. The third-order valence-corrected chi connectivity index (χ3v) is 1.65. The highest BCUT2D eigenvalue weighted by Gasteiger charge is 2.02. The predicted molar refractivity (Wildman–Crippen MR) is 57.6 cm³/mol. The number of allylic oxidation sites excluding steroid dienone is 1. The third kappa shape index (κ3) is 9.02. The molecule has 0 aliphatic rings. The van der Waals surface area contributed by atoms with Gasteiger partial charge in [0.1, 0.15) is 6.61 Å². The molecule has 15 heavy (non-hydrogen) atoms. The molecule has 0 atom stereocenters. The lowest BCUT2D eigenvalue weighted by Gasteiger charge is -2.06. The zero-order valence-corrected chi connectivity index (χ0v) is 9.12. The summed E-state index contributed by atoms with van der Waals surface area (Å²) in [4.78, 5) is 10.4. The van der Waals surface area contributed by atoms with Gasteiger partial charge < -0.3 is 14.6 Å². The van der Waals surface area contributed by atoms with Crippen LogP contribution in [0, 0.1) is 0 Å². The molecule has 0 unspecified atom stereocenters. The van der Waals surface area contributed by atoms with Crippen LogP contribution in [0.2, 0.25) is 0 Å². The lowest BCUT2D eigenvalue weighted by atomic mass is 10.2. The lowest BCUT2D eigenvalue weighted by molar-refractivity contribution is -0.132. The summed E-state index contributed by atoms with van der Waals surface area (Å²) in [6, 6.07) is 0. The average molecular weight is 214 g/mol. The molecule has 0 heterocycles. The van der Waals surface area contributed by atoms with Gasteiger partial charge >= 0.3 is 5.97 Å². The van der Waals surface area contributed by atoms with E-state index in [1.54, 1.807) is 6.92 Å². The van der Waals surface area contributed by atoms with Crippen LogP contribution >= 0.6 is 0 Å². The zero-order valence-electron chi connectivity index (χ0n) is 9.12. The number of hydrogen-bond acceptors (Lipinski definition) is 3. The number of carboxylic acids is 1. The second kappa shape index (κ2) is 8.05. The fourth-order valence-corrected chi connectivity index (χ4v) is 0.871. The number of hydrogen-bond donors (Lipinski definition) is 1. The van der Waals surface area contributed by atoms with Crippen molar-refractivity contribution >= 4 is 5.97 Å². The molecule has 0 aliphatic carbocycles. The van der Waals surface area contributed by atoms with Gasteiger partial charge in [-0.2, -0.15) is 0 Å². The van der Waals surface area contributed by atoms with Crippen LogP contribution in [0.25, 0.3) is 0 Å². The van der Waals surface area contributed by atoms with Crippen molar-refractivity contribution in [3.05, 3.63) is 24.5 Å². The third-order valence-electron chi connectivity index (χ3n) is 1.65. The van der Waals surface area contributed by atoms with Crippen LogP contribution in [0.4, 0.5) is 0 Å². The first-order valence-electron chi connectivity index (χ1n) is 4.81. The predicted octanol–water partition coefficient (Wildman–Crippen LogP) is 1.97. The van der Waals surface area contributed by atoms with Gasteiger partial charge in [0.25, 0.3) is 0 Å². The average Bonchev–Trinajstić information content (AvgIpc) is 2.15. The molecule has 86 valence electrons. The van der Waals surface area contributed by atoms with Gasteiger partial charge in [-0.25, -0.2) is 4.79 Å². The van der Waals surface area contributed by atoms with Crippen molar-refractivity contribution in [2.75, 3.05) is 19.8 Å². The van der Waals surface area contributed by atoms with Gasteiger partial charge in [0.15, 0.2) is 0 Å². The fourth-order valence-electron chi connectivity index (χ4n) is 0.871. The summed E-state index contributed by atoms with van der Waals surface area (Å²) in [6.45, 7) is 10.3. The summed E-state index contributed by atoms with van der Waals surface area (Å²) in [5.74, 6) is -0.279. The van der Waals surface area contributed by atoms with Crippen LogP contribution in [0.5, 0.6) is 0 Å². The highest BCUT2D eigenvalue weighted by molar-refractivity contribution is 5.85. The van der Waals surface area contributed by atoms with Crippen molar-refractivity contribution in [2.45, 2.75) is 19.8 Å². The van der Waals surface area contributed by atoms with Crippen molar-refractivity contribution < 1.29 is 19.4 Å². The van der Waals surface area contributed by atoms with Gasteiger partial charge in [-0.1, -0.05) is 13.2 Å². The Kier molecular flexibility index (Phi) is 7.36. The Bertz CT molecular complexity index is 233. The molecule has 0 aliphatic heterocycles. The molecule has 0 aromatic rings. The summed E-state index contributed by atoms with van der Waals surface area (Å²) < 4.78 is 10.3. The van der Waals surface area contributed by atoms with E-state index in [0.717, 1.165) is 0 Å². The second-order valence-corrected chi connectivity index (χ2v) is 3.18. The largest absolute Gasteiger partial charge is 0.496 e. The molecule has 4 nitrogen and oxygen atoms in total. The molecule has 0 bridgehead atoms. The normalized spacial score (nSPS) is 9.67. The number of rotatable bonds is 9. The summed E-state index contributed by atoms with van der Waals surface area (Å²) in [6.07, 6.45) is 1.12. The summed E-state index contributed by atoms with van der Waals surface area (Å²) in [5.41, 5.74) is 0.219. The number of aliphatic carboxylic acids is 1. The molecule has 0 rings (SSSR count). The van der Waals surface area contributed by atoms with E-state index < -0.39 is 5.97 Å². The van der Waals surface area contributed by atoms with Gasteiger partial charge in [-0.15, -0.1) is 0 Å². The highest BCUT2D eigenvalue weighted by Crippen LogP contribution is 2.02. The van der Waals surface area contributed by atoms with E-state index in [4.69, 9.17) is 14.6 Å². The van der Waals surface area contributed by atoms with Crippen LogP contribution in [0.15, 0.2) is 24.5 Å². The standard InChI is InChI=1S/C11H18O4/c1-9(2)15-8-7-14-6-4-5-10(3)11(12)13/h1,3-8H2,2H3,(H,12,13). The fraction of sp³-hybridized carbons (Fsp3) is 0.545. The first kappa shape index (κ1) is 13.7. The maximum absolute atomic E-state index is 10.4. The Labute approximate surface area is 90.2 Å². The van der Waals surface area contributed by atoms with Crippen LogP contribution in [0.3, 0.4) is 0 Å². The minimum absolute atomic E-state index is 0.219. The zero-order chi connectivity index (χ0) is 11.7. The lowest BCUT2D eigenvalue weighted by Crippen LogP contribution is -2.05. The maximum atomic E-state index is 10.4. The van der Waals surface area contributed by atoms with Crippen LogP contribution < -0.4 is 0 Å². The van der Waals surface area contributed by atoms with Crippen LogP contribution in [-0.2, 0) is 14.3 Å². The summed E-state index contributed by atoms with van der Waals surface area (Å²) in [7, 11) is 0. The van der Waals surface area contributed by atoms with Gasteiger partial charge in [-0.3, -0.25) is 0 Å². The molecule has 0 fully saturated rings. The first-order chi connectivity index (χ1) is 7.04. The van der Waals surface area contributed by atoms with Crippen molar-refractivity contribution in [3.8, 4) is 0 Å². The van der Waals surface area contributed by atoms with Gasteiger partial charge in [0.2, 0.25) is 0 Å². The molecular weight excluding hydrogens is 196 g/mol. The van der Waals surface area contributed by atoms with Crippen LogP contribution in [0.1, 0.15) is 19.8 Å². The molecule has 0 aromatic carbocycles. The van der Waals surface area contributed by atoms with Crippen molar-refractivity contribution in [2.24, 2.45) is 0 Å². The van der Waals surface area contributed by atoms with Crippen molar-refractivity contribution in [3.63, 3.8) is 0 Å². The summed E-state index contributed by atoms with van der Waals surface area (Å²) in [5, 5.41) is 8.51. The Hall–Kier alpha value is -1.29. The molecule has 0 aromatic heterocycles. The maximum Gasteiger partial charge on any atom is 0.330 e. The van der Waals surface area contributed by atoms with E-state index in [1.165, 1.54) is 0 Å². The Morgan fingerprint density at radius 2 is 1.93 bits per heavy atom. The van der Waals surface area contributed by atoms with E-state index in [1.807, 2.05) is 0 Å². The number of carboxylic acid groups (broad SMARTS) is 1. The van der Waals surface area contributed by atoms with Crippen molar-refractivity contribution in [1.29, 1.82) is 0 Å². The van der Waals surface area contributed by atoms with E-state index >= 15 is 0 Å². The van der Waals surface area contributed by atoms with Crippen LogP contribution in [-0.4, -0.2) is 30.9 Å². The number of carbonyl (C=O) groups is 1. The molecule has 4 heteroatoms. The molecule has 0 radical (unpaired) electrons. The molecule has 1 N–H and O–H groups in total. The van der Waals surface area contributed by atoms with Gasteiger partial charge in [0, 0.05) is 12.2 Å². The molecular formula is C11H18O4. The topological polar surface area (TPSA) is 55.8 Å². The SMILES string of the molecule is C=C(C)OCCOCCCC(=C)C(=O)O. The Morgan fingerprint density at radius 3 is 2.47 bits per heavy atom. The van der Waals surface area contributed by atoms with E-state index in [0.29, 0.717) is 38.4 Å². The molecule has 0 spiro atoms. The van der Waals surface area contributed by atoms with E-state index in [-0.39, 0.29) is 5.57 Å². The Balaban J connectivity index is 3.22. The summed E-state index contributed by atoms with van der Waals surface area (Å²) >= 11 is 0. The monoisotopic (exact) mass is 214 g/mol. The molecule has 0 amide bonds. The minimum Gasteiger partial charge on any atom is -0.496 e. The van der Waals surface area contributed by atoms with E-state index in [2.05, 4.69) is 13.2 Å². The van der Waals surface area contributed by atoms with E-state index in [9.17, 15) is 4.79 Å². The first-order valence-corrected chi connectivity index (χ1v) is 4.81. The second-order valence-electron chi connectivity index (χ2n) is 3.18. The Morgan fingerprint density at radius 1 is 1.27 bits per heavy atom. The quantitative estimate of drug-likeness (QED) is 0.362. The highest BCUT2D eigenvalue weighted by atomic mass is 16.5. The van der Waals surface area contributed by atoms with Gasteiger partial charge in [0.05, 0.1) is 12.4 Å². The minimum atomic E-state index is -0.944. The number of ether oxygens (including phenoxy) is 2. The van der Waals surface area contributed by atoms with Gasteiger partial charge in [-0.05, 0) is 19.8 Å². The van der Waals surface area contributed by atoms with Crippen molar-refractivity contribution in [1.82, 2.24) is 0 Å².